The predicted molar refractivity (Wildman–Crippen MR) is 66.8 cm³/mol. The molecule has 0 aromatic heterocycles. The zero-order valence-corrected chi connectivity index (χ0v) is 10.2. The van der Waals surface area contributed by atoms with Gasteiger partial charge >= 0.3 is 0 Å². The highest BCUT2D eigenvalue weighted by molar-refractivity contribution is 6.18. The van der Waals surface area contributed by atoms with E-state index in [1.54, 1.807) is 12.1 Å². The molecule has 0 aliphatic carbocycles. The SMILES string of the molecule is Oc1ccc(CN2CCCC(CCl)C2)cc1. The lowest BCUT2D eigenvalue weighted by Gasteiger charge is -2.31. The van der Waals surface area contributed by atoms with Gasteiger partial charge in [-0.25, -0.2) is 0 Å². The molecule has 1 aromatic carbocycles. The molecule has 1 aliphatic rings. The number of halogens is 1. The van der Waals surface area contributed by atoms with E-state index in [0.29, 0.717) is 11.7 Å². The van der Waals surface area contributed by atoms with E-state index in [-0.39, 0.29) is 0 Å². The van der Waals surface area contributed by atoms with Crippen LogP contribution in [0.25, 0.3) is 0 Å². The molecule has 0 radical (unpaired) electrons. The number of nitrogens with zero attached hydrogens (tertiary/aromatic N) is 1. The summed E-state index contributed by atoms with van der Waals surface area (Å²) in [7, 11) is 0. The van der Waals surface area contributed by atoms with E-state index in [4.69, 9.17) is 11.6 Å². The van der Waals surface area contributed by atoms with Crippen LogP contribution in [0.15, 0.2) is 24.3 Å². The first-order chi connectivity index (χ1) is 7.78. The molecule has 1 heterocycles. The molecule has 1 saturated heterocycles. The molecule has 16 heavy (non-hydrogen) atoms. The maximum absolute atomic E-state index is 9.21. The van der Waals surface area contributed by atoms with Crippen molar-refractivity contribution in [2.75, 3.05) is 19.0 Å². The average molecular weight is 240 g/mol. The number of hydrogen-bond acceptors (Lipinski definition) is 2. The summed E-state index contributed by atoms with van der Waals surface area (Å²) in [6, 6.07) is 7.47. The maximum Gasteiger partial charge on any atom is 0.115 e. The minimum absolute atomic E-state index is 0.334. The molecule has 1 atom stereocenters. The molecule has 2 rings (SSSR count). The Morgan fingerprint density at radius 2 is 2.06 bits per heavy atom. The van der Waals surface area contributed by atoms with Crippen molar-refractivity contribution in [3.63, 3.8) is 0 Å². The Balaban J connectivity index is 1.91. The second-order valence-corrected chi connectivity index (χ2v) is 4.87. The number of likely N-dealkylation sites (tertiary alicyclic amines) is 1. The maximum atomic E-state index is 9.21. The van der Waals surface area contributed by atoms with E-state index >= 15 is 0 Å². The van der Waals surface area contributed by atoms with E-state index < -0.39 is 0 Å². The van der Waals surface area contributed by atoms with Crippen molar-refractivity contribution in [2.45, 2.75) is 19.4 Å². The van der Waals surface area contributed by atoms with Gasteiger partial charge in [0, 0.05) is 19.0 Å². The van der Waals surface area contributed by atoms with Gasteiger partial charge in [0.15, 0.2) is 0 Å². The van der Waals surface area contributed by atoms with Gasteiger partial charge in [-0.1, -0.05) is 12.1 Å². The zero-order valence-electron chi connectivity index (χ0n) is 9.40. The highest BCUT2D eigenvalue weighted by Crippen LogP contribution is 2.20. The molecule has 1 fully saturated rings. The van der Waals surface area contributed by atoms with Crippen LogP contribution in [0.4, 0.5) is 0 Å². The summed E-state index contributed by atoms with van der Waals surface area (Å²) in [5.74, 6) is 1.75. The molecule has 1 unspecified atom stereocenters. The second-order valence-electron chi connectivity index (χ2n) is 4.56. The third kappa shape index (κ3) is 3.13. The van der Waals surface area contributed by atoms with Crippen LogP contribution < -0.4 is 0 Å². The summed E-state index contributed by atoms with van der Waals surface area (Å²) in [4.78, 5) is 2.45. The normalized spacial score (nSPS) is 22.2. The van der Waals surface area contributed by atoms with Gasteiger partial charge in [0.05, 0.1) is 0 Å². The lowest BCUT2D eigenvalue weighted by Crippen LogP contribution is -2.35. The number of phenolic OH excluding ortho intramolecular Hbond substituents is 1. The van der Waals surface area contributed by atoms with Gasteiger partial charge < -0.3 is 5.11 Å². The van der Waals surface area contributed by atoms with Crippen molar-refractivity contribution in [3.05, 3.63) is 29.8 Å². The fraction of sp³-hybridized carbons (Fsp3) is 0.538. The lowest BCUT2D eigenvalue weighted by molar-refractivity contribution is 0.178. The number of aromatic hydroxyl groups is 1. The van der Waals surface area contributed by atoms with Crippen LogP contribution in [0.2, 0.25) is 0 Å². The molecular weight excluding hydrogens is 222 g/mol. The van der Waals surface area contributed by atoms with E-state index in [9.17, 15) is 5.11 Å². The molecular formula is C13H18ClNO. The monoisotopic (exact) mass is 239 g/mol. The third-order valence-corrected chi connectivity index (χ3v) is 3.60. The Morgan fingerprint density at radius 3 is 2.75 bits per heavy atom. The zero-order chi connectivity index (χ0) is 11.4. The second kappa shape index (κ2) is 5.55. The highest BCUT2D eigenvalue weighted by Gasteiger charge is 2.18. The fourth-order valence-electron chi connectivity index (χ4n) is 2.28. The summed E-state index contributed by atoms with van der Waals surface area (Å²) in [5, 5.41) is 9.21. The first-order valence-corrected chi connectivity index (χ1v) is 6.37. The van der Waals surface area contributed by atoms with Crippen molar-refractivity contribution in [3.8, 4) is 5.75 Å². The topological polar surface area (TPSA) is 23.5 Å². The lowest BCUT2D eigenvalue weighted by atomic mass is 9.99. The molecule has 0 saturated carbocycles. The molecule has 88 valence electrons. The fourth-order valence-corrected chi connectivity index (χ4v) is 2.53. The van der Waals surface area contributed by atoms with Crippen molar-refractivity contribution < 1.29 is 5.11 Å². The average Bonchev–Trinajstić information content (AvgIpc) is 2.32. The molecule has 0 amide bonds. The van der Waals surface area contributed by atoms with E-state index in [1.165, 1.54) is 18.4 Å². The largest absolute Gasteiger partial charge is 0.508 e. The Kier molecular flexibility index (Phi) is 4.08. The Hall–Kier alpha value is -0.730. The molecule has 1 aromatic rings. The first kappa shape index (κ1) is 11.7. The smallest absolute Gasteiger partial charge is 0.115 e. The number of hydrogen-bond donors (Lipinski definition) is 1. The number of piperidine rings is 1. The highest BCUT2D eigenvalue weighted by atomic mass is 35.5. The van der Waals surface area contributed by atoms with Gasteiger partial charge in [-0.15, -0.1) is 11.6 Å². The van der Waals surface area contributed by atoms with Crippen LogP contribution >= 0.6 is 11.6 Å². The summed E-state index contributed by atoms with van der Waals surface area (Å²) in [6.07, 6.45) is 2.51. The van der Waals surface area contributed by atoms with Crippen molar-refractivity contribution in [1.29, 1.82) is 0 Å². The molecule has 3 heteroatoms. The summed E-state index contributed by atoms with van der Waals surface area (Å²) >= 11 is 5.91. The number of phenols is 1. The van der Waals surface area contributed by atoms with Gasteiger partial charge in [-0.3, -0.25) is 4.90 Å². The summed E-state index contributed by atoms with van der Waals surface area (Å²) in [6.45, 7) is 3.23. The quantitative estimate of drug-likeness (QED) is 0.820. The van der Waals surface area contributed by atoms with Crippen LogP contribution in [0, 0.1) is 5.92 Å². The predicted octanol–water partition coefficient (Wildman–Crippen LogP) is 2.84. The summed E-state index contributed by atoms with van der Waals surface area (Å²) < 4.78 is 0. The number of alkyl halides is 1. The standard InChI is InChI=1S/C13H18ClNO/c14-8-12-2-1-7-15(10-12)9-11-3-5-13(16)6-4-11/h3-6,12,16H,1-2,7-10H2. The molecule has 1 aliphatic heterocycles. The number of rotatable bonds is 3. The molecule has 2 nitrogen and oxygen atoms in total. The van der Waals surface area contributed by atoms with Gasteiger partial charge in [-0.05, 0) is 43.0 Å². The van der Waals surface area contributed by atoms with E-state index in [1.807, 2.05) is 12.1 Å². The van der Waals surface area contributed by atoms with Gasteiger partial charge in [0.25, 0.3) is 0 Å². The van der Waals surface area contributed by atoms with Crippen LogP contribution in [0.1, 0.15) is 18.4 Å². The van der Waals surface area contributed by atoms with E-state index in [2.05, 4.69) is 4.90 Å². The van der Waals surface area contributed by atoms with Gasteiger partial charge in [-0.2, -0.15) is 0 Å². The molecule has 0 spiro atoms. The third-order valence-electron chi connectivity index (χ3n) is 3.16. The Labute approximate surface area is 102 Å². The van der Waals surface area contributed by atoms with Gasteiger partial charge in [0.2, 0.25) is 0 Å². The number of benzene rings is 1. The van der Waals surface area contributed by atoms with Crippen molar-refractivity contribution in [1.82, 2.24) is 4.90 Å². The van der Waals surface area contributed by atoms with E-state index in [0.717, 1.165) is 25.5 Å². The van der Waals surface area contributed by atoms with Crippen LogP contribution in [0.5, 0.6) is 5.75 Å². The molecule has 0 bridgehead atoms. The van der Waals surface area contributed by atoms with Crippen LogP contribution in [-0.2, 0) is 6.54 Å². The van der Waals surface area contributed by atoms with Gasteiger partial charge in [0.1, 0.15) is 5.75 Å². The first-order valence-electron chi connectivity index (χ1n) is 5.84. The Bertz CT molecular complexity index is 325. The summed E-state index contributed by atoms with van der Waals surface area (Å²) in [5.41, 5.74) is 1.26. The van der Waals surface area contributed by atoms with Crippen LogP contribution in [-0.4, -0.2) is 29.0 Å². The molecule has 1 N–H and O–H groups in total. The van der Waals surface area contributed by atoms with Crippen molar-refractivity contribution >= 4 is 11.6 Å². The minimum atomic E-state index is 0.334. The van der Waals surface area contributed by atoms with Crippen molar-refractivity contribution in [2.24, 2.45) is 5.92 Å². The van der Waals surface area contributed by atoms with Crippen LogP contribution in [0.3, 0.4) is 0 Å². The minimum Gasteiger partial charge on any atom is -0.508 e. The Morgan fingerprint density at radius 1 is 1.31 bits per heavy atom.